The quantitative estimate of drug-likeness (QED) is 0.530. The summed E-state index contributed by atoms with van der Waals surface area (Å²) in [5.41, 5.74) is 3.14. The summed E-state index contributed by atoms with van der Waals surface area (Å²) in [5.74, 6) is 1.74. The highest BCUT2D eigenvalue weighted by molar-refractivity contribution is 5.97. The van der Waals surface area contributed by atoms with Crippen LogP contribution in [-0.4, -0.2) is 46.2 Å². The van der Waals surface area contributed by atoms with Crippen LogP contribution in [0.5, 0.6) is 11.5 Å². The van der Waals surface area contributed by atoms with E-state index < -0.39 is 5.60 Å². The Morgan fingerprint density at radius 2 is 2.03 bits per heavy atom. The van der Waals surface area contributed by atoms with Crippen LogP contribution >= 0.6 is 0 Å². The molecule has 3 heterocycles. The van der Waals surface area contributed by atoms with E-state index in [-0.39, 0.29) is 11.9 Å². The average Bonchev–Trinajstić information content (AvgIpc) is 3.26. The summed E-state index contributed by atoms with van der Waals surface area (Å²) in [6, 6.07) is 13.7. The van der Waals surface area contributed by atoms with E-state index in [1.54, 1.807) is 19.5 Å². The third kappa shape index (κ3) is 4.14. The van der Waals surface area contributed by atoms with Crippen LogP contribution in [0.15, 0.2) is 60.7 Å². The molecule has 7 heteroatoms. The SMILES string of the molecule is COc1cc(C=C2OC(C)(C)CN([C@H]3CCOc4ccccc43)C2=O)ccc1-n1cnc(C)c1. The lowest BCUT2D eigenvalue weighted by Crippen LogP contribution is -2.52. The van der Waals surface area contributed by atoms with Crippen LogP contribution in [0, 0.1) is 6.92 Å². The van der Waals surface area contributed by atoms with E-state index in [1.165, 1.54) is 0 Å². The van der Waals surface area contributed by atoms with E-state index in [0.29, 0.717) is 24.7 Å². The molecule has 2 aromatic carbocycles. The number of carbonyl (C=O) groups excluding carboxylic acids is 1. The van der Waals surface area contributed by atoms with Gasteiger partial charge in [0.05, 0.1) is 44.0 Å². The number of aryl methyl sites for hydroxylation is 1. The average molecular weight is 460 g/mol. The van der Waals surface area contributed by atoms with Gasteiger partial charge in [0.1, 0.15) is 17.1 Å². The van der Waals surface area contributed by atoms with Crippen LogP contribution in [0.2, 0.25) is 0 Å². The van der Waals surface area contributed by atoms with E-state index >= 15 is 0 Å². The van der Waals surface area contributed by atoms with Crippen LogP contribution < -0.4 is 9.47 Å². The van der Waals surface area contributed by atoms with Crippen molar-refractivity contribution >= 4 is 12.0 Å². The smallest absolute Gasteiger partial charge is 0.289 e. The fourth-order valence-corrected chi connectivity index (χ4v) is 4.69. The fraction of sp³-hybridized carbons (Fsp3) is 0.333. The molecule has 2 aliphatic heterocycles. The number of ether oxygens (including phenoxy) is 3. The highest BCUT2D eigenvalue weighted by Crippen LogP contribution is 2.40. The topological polar surface area (TPSA) is 65.8 Å². The lowest BCUT2D eigenvalue weighted by Gasteiger charge is -2.44. The summed E-state index contributed by atoms with van der Waals surface area (Å²) in [4.78, 5) is 19.8. The van der Waals surface area contributed by atoms with Crippen molar-refractivity contribution in [2.75, 3.05) is 20.3 Å². The number of hydrogen-bond donors (Lipinski definition) is 0. The van der Waals surface area contributed by atoms with Gasteiger partial charge in [-0.1, -0.05) is 24.3 Å². The first-order valence-corrected chi connectivity index (χ1v) is 11.5. The number of amides is 1. The maximum Gasteiger partial charge on any atom is 0.289 e. The number of rotatable bonds is 4. The zero-order chi connectivity index (χ0) is 23.9. The number of fused-ring (bicyclic) bond motifs is 1. The molecule has 5 rings (SSSR count). The largest absolute Gasteiger partial charge is 0.495 e. The van der Waals surface area contributed by atoms with Crippen LogP contribution in [-0.2, 0) is 9.53 Å². The first kappa shape index (κ1) is 22.1. The lowest BCUT2D eigenvalue weighted by molar-refractivity contribution is -0.150. The second kappa shape index (κ2) is 8.56. The molecule has 1 amide bonds. The molecular formula is C27H29N3O4. The van der Waals surface area contributed by atoms with Crippen molar-refractivity contribution in [3.05, 3.63) is 77.6 Å². The number of aromatic nitrogens is 2. The third-order valence-corrected chi connectivity index (χ3v) is 6.20. The van der Waals surface area contributed by atoms with Gasteiger partial charge in [-0.15, -0.1) is 0 Å². The Morgan fingerprint density at radius 1 is 1.21 bits per heavy atom. The number of morpholine rings is 1. The molecule has 0 aliphatic carbocycles. The summed E-state index contributed by atoms with van der Waals surface area (Å²) in [7, 11) is 1.63. The zero-order valence-electron chi connectivity index (χ0n) is 19.9. The molecule has 1 aromatic heterocycles. The second-order valence-electron chi connectivity index (χ2n) is 9.35. The monoisotopic (exact) mass is 459 g/mol. The molecule has 3 aromatic rings. The highest BCUT2D eigenvalue weighted by atomic mass is 16.5. The van der Waals surface area contributed by atoms with Crippen LogP contribution in [0.1, 0.15) is 43.1 Å². The summed E-state index contributed by atoms with van der Waals surface area (Å²) in [6.45, 7) is 7.05. The Morgan fingerprint density at radius 3 is 2.79 bits per heavy atom. The molecule has 0 radical (unpaired) electrons. The number of nitrogens with zero attached hydrogens (tertiary/aromatic N) is 3. The van der Waals surface area contributed by atoms with E-state index in [0.717, 1.165) is 34.7 Å². The van der Waals surface area contributed by atoms with Crippen molar-refractivity contribution in [2.45, 2.75) is 38.8 Å². The molecule has 7 nitrogen and oxygen atoms in total. The van der Waals surface area contributed by atoms with Crippen LogP contribution in [0.4, 0.5) is 0 Å². The maximum atomic E-state index is 13.6. The van der Waals surface area contributed by atoms with Gasteiger partial charge in [-0.25, -0.2) is 4.98 Å². The van der Waals surface area contributed by atoms with Gasteiger partial charge in [0.2, 0.25) is 0 Å². The van der Waals surface area contributed by atoms with Crippen LogP contribution in [0.3, 0.4) is 0 Å². The molecule has 34 heavy (non-hydrogen) atoms. The number of benzene rings is 2. The number of hydrogen-bond acceptors (Lipinski definition) is 5. The Hall–Kier alpha value is -3.74. The number of carbonyl (C=O) groups is 1. The minimum Gasteiger partial charge on any atom is -0.495 e. The fourth-order valence-electron chi connectivity index (χ4n) is 4.69. The van der Waals surface area contributed by atoms with Gasteiger partial charge in [0, 0.05) is 18.2 Å². The summed E-state index contributed by atoms with van der Waals surface area (Å²) < 4.78 is 19.5. The Kier molecular flexibility index (Phi) is 5.55. The summed E-state index contributed by atoms with van der Waals surface area (Å²) in [6.07, 6.45) is 6.24. The van der Waals surface area contributed by atoms with Gasteiger partial charge < -0.3 is 23.7 Å². The highest BCUT2D eigenvalue weighted by Gasteiger charge is 2.41. The van der Waals surface area contributed by atoms with Crippen molar-refractivity contribution in [2.24, 2.45) is 0 Å². The van der Waals surface area contributed by atoms with Crippen molar-refractivity contribution in [3.63, 3.8) is 0 Å². The van der Waals surface area contributed by atoms with Gasteiger partial charge in [-0.2, -0.15) is 0 Å². The van der Waals surface area contributed by atoms with E-state index in [2.05, 4.69) is 4.98 Å². The minimum absolute atomic E-state index is 0.0505. The van der Waals surface area contributed by atoms with Crippen molar-refractivity contribution in [3.8, 4) is 17.2 Å². The van der Waals surface area contributed by atoms with E-state index in [1.807, 2.05) is 78.9 Å². The number of methoxy groups -OCH3 is 1. The van der Waals surface area contributed by atoms with Gasteiger partial charge in [0.15, 0.2) is 5.76 Å². The molecule has 0 unspecified atom stereocenters. The zero-order valence-corrected chi connectivity index (χ0v) is 19.9. The standard InChI is InChI=1S/C27H29N3O4/c1-18-15-29(17-28-18)22-10-9-19(13-24(22)32-4)14-25-26(31)30(16-27(2,3)34-25)21-11-12-33-23-8-6-5-7-20(21)23/h5-10,13-15,17,21H,11-12,16H2,1-4H3/t21-/m0/s1. The molecule has 0 saturated carbocycles. The van der Waals surface area contributed by atoms with Crippen molar-refractivity contribution in [1.82, 2.24) is 14.5 Å². The maximum absolute atomic E-state index is 13.6. The second-order valence-corrected chi connectivity index (χ2v) is 9.35. The van der Waals surface area contributed by atoms with Gasteiger partial charge in [-0.05, 0) is 50.6 Å². The Bertz CT molecular complexity index is 1260. The molecular weight excluding hydrogens is 430 g/mol. The molecule has 1 saturated heterocycles. The minimum atomic E-state index is -0.522. The predicted molar refractivity (Wildman–Crippen MR) is 129 cm³/mol. The lowest BCUT2D eigenvalue weighted by atomic mass is 9.95. The molecule has 0 N–H and O–H groups in total. The molecule has 176 valence electrons. The molecule has 2 aliphatic rings. The first-order valence-electron chi connectivity index (χ1n) is 11.5. The molecule has 1 atom stereocenters. The third-order valence-electron chi connectivity index (χ3n) is 6.20. The Labute approximate surface area is 199 Å². The van der Waals surface area contributed by atoms with Crippen molar-refractivity contribution < 1.29 is 19.0 Å². The van der Waals surface area contributed by atoms with Crippen molar-refractivity contribution in [1.29, 1.82) is 0 Å². The molecule has 1 fully saturated rings. The number of imidazole rings is 1. The van der Waals surface area contributed by atoms with Gasteiger partial charge >= 0.3 is 0 Å². The first-order chi connectivity index (χ1) is 16.3. The Balaban J connectivity index is 1.49. The van der Waals surface area contributed by atoms with E-state index in [4.69, 9.17) is 14.2 Å². The van der Waals surface area contributed by atoms with Gasteiger partial charge in [0.25, 0.3) is 5.91 Å². The summed E-state index contributed by atoms with van der Waals surface area (Å²) >= 11 is 0. The molecule has 0 bridgehead atoms. The van der Waals surface area contributed by atoms with Gasteiger partial charge in [-0.3, -0.25) is 4.79 Å². The normalized spacial score (nSPS) is 20.5. The van der Waals surface area contributed by atoms with Crippen LogP contribution in [0.25, 0.3) is 11.8 Å². The predicted octanol–water partition coefficient (Wildman–Crippen LogP) is 4.69. The summed E-state index contributed by atoms with van der Waals surface area (Å²) in [5, 5.41) is 0. The molecule has 0 spiro atoms. The van der Waals surface area contributed by atoms with E-state index in [9.17, 15) is 4.79 Å². The number of para-hydroxylation sites is 1.